The summed E-state index contributed by atoms with van der Waals surface area (Å²) in [5.74, 6) is -0.210. The minimum absolute atomic E-state index is 0.0625. The fourth-order valence-electron chi connectivity index (χ4n) is 7.14. The highest BCUT2D eigenvalue weighted by Gasteiger charge is 2.27. The number of carbonyl (C=O) groups excluding carboxylic acids is 1. The fourth-order valence-corrected chi connectivity index (χ4v) is 7.87. The number of nitrogens with one attached hydrogen (secondary N) is 1. The van der Waals surface area contributed by atoms with Crippen molar-refractivity contribution in [3.05, 3.63) is 12.2 Å². The predicted molar refractivity (Wildman–Crippen MR) is 240 cm³/mol. The summed E-state index contributed by atoms with van der Waals surface area (Å²) in [6, 6.07) is -0.837. The Labute approximate surface area is 348 Å². The van der Waals surface area contributed by atoms with Gasteiger partial charge in [0.05, 0.1) is 39.9 Å². The molecule has 0 fully saturated rings. The number of amides is 1. The quantitative estimate of drug-likeness (QED) is 0.0245. The number of nitrogens with zero attached hydrogens (tertiary/aromatic N) is 1. The van der Waals surface area contributed by atoms with Gasteiger partial charge in [-0.3, -0.25) is 13.8 Å². The lowest BCUT2D eigenvalue weighted by Gasteiger charge is -2.25. The Hall–Kier alpha value is -0.760. The Morgan fingerprint density at radius 2 is 0.946 bits per heavy atom. The van der Waals surface area contributed by atoms with Crippen LogP contribution in [0.5, 0.6) is 0 Å². The summed E-state index contributed by atoms with van der Waals surface area (Å²) in [6.45, 7) is 4.58. The van der Waals surface area contributed by atoms with Crippen LogP contribution in [0, 0.1) is 0 Å². The van der Waals surface area contributed by atoms with E-state index in [0.717, 1.165) is 25.7 Å². The monoisotopic (exact) mass is 816 g/mol. The number of phosphoric acid groups is 1. The molecule has 0 bridgehead atoms. The molecule has 9 heteroatoms. The number of unbranched alkanes of at least 4 members (excludes halogenated alkanes) is 31. The lowest BCUT2D eigenvalue weighted by Crippen LogP contribution is -2.45. The lowest BCUT2D eigenvalue weighted by molar-refractivity contribution is -0.870. The average Bonchev–Trinajstić information content (AvgIpc) is 3.15. The summed E-state index contributed by atoms with van der Waals surface area (Å²) in [7, 11) is 1.57. The molecule has 3 N–H and O–H groups in total. The normalized spacial score (nSPS) is 14.3. The van der Waals surface area contributed by atoms with Crippen LogP contribution in [0.25, 0.3) is 0 Å². The van der Waals surface area contributed by atoms with Crippen LogP contribution in [-0.2, 0) is 18.4 Å². The minimum Gasteiger partial charge on any atom is -0.387 e. The number of phosphoric ester groups is 1. The van der Waals surface area contributed by atoms with E-state index in [1.165, 1.54) is 186 Å². The van der Waals surface area contributed by atoms with Crippen LogP contribution in [0.3, 0.4) is 0 Å². The zero-order chi connectivity index (χ0) is 41.4. The molecule has 3 atom stereocenters. The molecule has 0 aromatic rings. The van der Waals surface area contributed by atoms with Crippen molar-refractivity contribution in [1.29, 1.82) is 0 Å². The van der Waals surface area contributed by atoms with E-state index >= 15 is 0 Å². The number of rotatable bonds is 44. The Bertz CT molecular complexity index is 927. The number of hydrogen-bond donors (Lipinski definition) is 3. The number of allylic oxidation sites excluding steroid dienone is 1. The number of carbonyl (C=O) groups is 1. The Balaban J connectivity index is 3.72. The van der Waals surface area contributed by atoms with E-state index in [2.05, 4.69) is 12.2 Å². The van der Waals surface area contributed by atoms with E-state index in [1.807, 2.05) is 34.1 Å². The second kappa shape index (κ2) is 39.7. The van der Waals surface area contributed by atoms with Gasteiger partial charge >= 0.3 is 7.82 Å². The molecule has 0 aliphatic carbocycles. The van der Waals surface area contributed by atoms with Crippen molar-refractivity contribution in [3.8, 4) is 0 Å². The molecule has 0 aliphatic rings. The second-order valence-electron chi connectivity index (χ2n) is 17.8. The van der Waals surface area contributed by atoms with Crippen LogP contribution >= 0.6 is 7.82 Å². The van der Waals surface area contributed by atoms with Crippen LogP contribution < -0.4 is 5.32 Å². The third-order valence-corrected chi connectivity index (χ3v) is 12.0. The average molecular weight is 816 g/mol. The molecule has 0 saturated heterocycles. The Morgan fingerprint density at radius 3 is 1.30 bits per heavy atom. The summed E-state index contributed by atoms with van der Waals surface area (Å²) in [5, 5.41) is 13.6. The molecule has 0 heterocycles. The maximum absolute atomic E-state index is 12.4. The largest absolute Gasteiger partial charge is 0.472 e. The maximum Gasteiger partial charge on any atom is 0.472 e. The summed E-state index contributed by atoms with van der Waals surface area (Å²) >= 11 is 0. The highest BCUT2D eigenvalue weighted by molar-refractivity contribution is 7.47. The van der Waals surface area contributed by atoms with Crippen molar-refractivity contribution in [3.63, 3.8) is 0 Å². The van der Waals surface area contributed by atoms with Gasteiger partial charge in [0, 0.05) is 6.42 Å². The predicted octanol–water partition coefficient (Wildman–Crippen LogP) is 13.5. The van der Waals surface area contributed by atoms with Crippen LogP contribution in [0.4, 0.5) is 0 Å². The van der Waals surface area contributed by atoms with E-state index in [4.69, 9.17) is 9.05 Å². The smallest absolute Gasteiger partial charge is 0.387 e. The maximum atomic E-state index is 12.4. The highest BCUT2D eigenvalue weighted by Crippen LogP contribution is 2.43. The van der Waals surface area contributed by atoms with E-state index in [1.54, 1.807) is 6.08 Å². The van der Waals surface area contributed by atoms with Crippen LogP contribution in [-0.4, -0.2) is 73.4 Å². The molecule has 0 aromatic heterocycles. The van der Waals surface area contributed by atoms with Gasteiger partial charge in [0.25, 0.3) is 0 Å². The summed E-state index contributed by atoms with van der Waals surface area (Å²) in [5.41, 5.74) is 0. The molecule has 56 heavy (non-hydrogen) atoms. The van der Waals surface area contributed by atoms with Gasteiger partial charge in [0.2, 0.25) is 5.91 Å². The Morgan fingerprint density at radius 1 is 0.589 bits per heavy atom. The van der Waals surface area contributed by atoms with Crippen molar-refractivity contribution in [2.24, 2.45) is 0 Å². The van der Waals surface area contributed by atoms with Crippen LogP contribution in [0.15, 0.2) is 12.2 Å². The van der Waals surface area contributed by atoms with E-state index in [9.17, 15) is 19.4 Å². The zero-order valence-corrected chi connectivity index (χ0v) is 38.8. The third kappa shape index (κ3) is 41.4. The first-order valence-corrected chi connectivity index (χ1v) is 25.6. The van der Waals surface area contributed by atoms with Gasteiger partial charge in [-0.2, -0.15) is 0 Å². The van der Waals surface area contributed by atoms with Crippen LogP contribution in [0.2, 0.25) is 0 Å². The molecule has 334 valence electrons. The molecule has 0 aliphatic heterocycles. The number of likely N-dealkylation sites (N-methyl/N-ethyl adjacent to an activating group) is 1. The van der Waals surface area contributed by atoms with Crippen molar-refractivity contribution in [2.75, 3.05) is 40.9 Å². The van der Waals surface area contributed by atoms with Gasteiger partial charge in [0.1, 0.15) is 13.2 Å². The fraction of sp³-hybridized carbons (Fsp3) is 0.936. The van der Waals surface area contributed by atoms with Gasteiger partial charge < -0.3 is 19.8 Å². The van der Waals surface area contributed by atoms with E-state index < -0.39 is 20.0 Å². The summed E-state index contributed by atoms with van der Waals surface area (Å²) < 4.78 is 23.2. The number of aliphatic hydroxyl groups excluding tert-OH is 1. The number of aliphatic hydroxyl groups is 1. The highest BCUT2D eigenvalue weighted by atomic mass is 31.2. The standard InChI is InChI=1S/C47H95N2O6P/c1-6-8-10-11-12-13-14-15-16-17-18-19-20-21-22-23-24-25-26-27-28-29-30-31-32-33-34-35-36-37-38-39-40-46(50)45(48-47(51)41-9-7-2)44-55-56(52,53)54-43-42-49(3,4)5/h39-40,45-46,50H,6-38,41-44H2,1-5H3,(H-,48,51,52,53)/p+1/b40-39+. The van der Waals surface area contributed by atoms with E-state index in [-0.39, 0.29) is 19.1 Å². The first-order chi connectivity index (χ1) is 27.0. The first kappa shape index (κ1) is 55.2. The molecule has 0 aromatic carbocycles. The molecule has 0 spiro atoms. The topological polar surface area (TPSA) is 105 Å². The van der Waals surface area contributed by atoms with Crippen molar-refractivity contribution in [2.45, 2.75) is 244 Å². The molecule has 0 rings (SSSR count). The van der Waals surface area contributed by atoms with Gasteiger partial charge in [-0.05, 0) is 19.3 Å². The Kier molecular flexibility index (Phi) is 39.1. The van der Waals surface area contributed by atoms with Gasteiger partial charge in [-0.15, -0.1) is 0 Å². The second-order valence-corrected chi connectivity index (χ2v) is 19.3. The van der Waals surface area contributed by atoms with Crippen molar-refractivity contribution < 1.29 is 32.9 Å². The van der Waals surface area contributed by atoms with E-state index in [0.29, 0.717) is 17.4 Å². The molecule has 1 amide bonds. The molecule has 3 unspecified atom stereocenters. The SMILES string of the molecule is CCCCCCCCCCCCCCCCCCCCCCCCCCCCCCCC/C=C/C(O)C(COP(=O)(O)OCC[N+](C)(C)C)NC(=O)CCCC. The molecular weight excluding hydrogens is 719 g/mol. The first-order valence-electron chi connectivity index (χ1n) is 24.1. The number of quaternary nitrogens is 1. The minimum atomic E-state index is -4.31. The third-order valence-electron chi connectivity index (χ3n) is 11.0. The molecule has 8 nitrogen and oxygen atoms in total. The molecular formula is C47H96N2O6P+. The van der Waals surface area contributed by atoms with Crippen molar-refractivity contribution in [1.82, 2.24) is 5.32 Å². The zero-order valence-electron chi connectivity index (χ0n) is 37.9. The number of hydrogen-bond acceptors (Lipinski definition) is 5. The summed E-state index contributed by atoms with van der Waals surface area (Å²) in [4.78, 5) is 22.5. The lowest BCUT2D eigenvalue weighted by atomic mass is 10.0. The van der Waals surface area contributed by atoms with Crippen molar-refractivity contribution >= 4 is 13.7 Å². The van der Waals surface area contributed by atoms with Gasteiger partial charge in [-0.25, -0.2) is 4.57 Å². The molecule has 0 saturated carbocycles. The van der Waals surface area contributed by atoms with Gasteiger partial charge in [-0.1, -0.05) is 219 Å². The van der Waals surface area contributed by atoms with Crippen LogP contribution in [0.1, 0.15) is 232 Å². The van der Waals surface area contributed by atoms with Gasteiger partial charge in [0.15, 0.2) is 0 Å². The summed E-state index contributed by atoms with van der Waals surface area (Å²) in [6.07, 6.45) is 47.3. The molecule has 0 radical (unpaired) electrons.